The molecule has 0 saturated carbocycles. The quantitative estimate of drug-likeness (QED) is 0.545. The summed E-state index contributed by atoms with van der Waals surface area (Å²) in [7, 11) is 0. The molecule has 0 aromatic carbocycles. The predicted octanol–water partition coefficient (Wildman–Crippen LogP) is 2.22. The Morgan fingerprint density at radius 3 is 2.18 bits per heavy atom. The maximum atomic E-state index is 10.6. The first-order valence-electron chi connectivity index (χ1n) is 9.17. The highest BCUT2D eigenvalue weighted by atomic mass is 19.4. The van der Waals surface area contributed by atoms with Gasteiger partial charge >= 0.3 is 24.3 Å². The molecule has 3 heterocycles. The van der Waals surface area contributed by atoms with Gasteiger partial charge in [0.05, 0.1) is 24.9 Å². The van der Waals surface area contributed by atoms with E-state index in [1.165, 1.54) is 6.20 Å². The molecule has 0 spiro atoms. The van der Waals surface area contributed by atoms with Crippen LogP contribution >= 0.6 is 0 Å². The molecule has 0 radical (unpaired) electrons. The van der Waals surface area contributed by atoms with Gasteiger partial charge < -0.3 is 25.0 Å². The van der Waals surface area contributed by atoms with Crippen molar-refractivity contribution in [2.75, 3.05) is 26.3 Å². The number of ether oxygens (including phenoxy) is 2. The SMILES string of the molecule is N#Cc1ccc(OCC[C@H]2CO[C@H]3CNC[C@@H]23)nc1.O=C(O)C(F)(F)F.O=C(O)C(F)(F)F. The van der Waals surface area contributed by atoms with E-state index in [9.17, 15) is 26.3 Å². The van der Waals surface area contributed by atoms with Crippen molar-refractivity contribution in [3.05, 3.63) is 23.9 Å². The van der Waals surface area contributed by atoms with Crippen molar-refractivity contribution >= 4 is 11.9 Å². The summed E-state index contributed by atoms with van der Waals surface area (Å²) in [6, 6.07) is 5.50. The number of hydrogen-bond donors (Lipinski definition) is 3. The van der Waals surface area contributed by atoms with Crippen molar-refractivity contribution in [1.82, 2.24) is 10.3 Å². The summed E-state index contributed by atoms with van der Waals surface area (Å²) in [6.07, 6.45) is -7.24. The first-order chi connectivity index (χ1) is 15.3. The first kappa shape index (κ1) is 27.9. The van der Waals surface area contributed by atoms with Crippen molar-refractivity contribution in [2.24, 2.45) is 11.8 Å². The number of rotatable bonds is 4. The number of aliphatic carboxylic acids is 2. The summed E-state index contributed by atoms with van der Waals surface area (Å²) in [5.41, 5.74) is 0.552. The van der Waals surface area contributed by atoms with Crippen molar-refractivity contribution in [3.63, 3.8) is 0 Å². The second kappa shape index (κ2) is 12.2. The van der Waals surface area contributed by atoms with Crippen LogP contribution in [-0.4, -0.2) is 71.9 Å². The number of alkyl halides is 6. The Balaban J connectivity index is 0.000000324. The van der Waals surface area contributed by atoms with Crippen molar-refractivity contribution in [1.29, 1.82) is 5.26 Å². The van der Waals surface area contributed by atoms with Gasteiger partial charge in [-0.1, -0.05) is 0 Å². The summed E-state index contributed by atoms with van der Waals surface area (Å²) in [5.74, 6) is -3.71. The Morgan fingerprint density at radius 1 is 1.15 bits per heavy atom. The molecule has 0 aliphatic carbocycles. The number of nitrogens with one attached hydrogen (secondary N) is 1. The number of pyridine rings is 1. The van der Waals surface area contributed by atoms with Crippen LogP contribution in [0.25, 0.3) is 0 Å². The smallest absolute Gasteiger partial charge is 0.478 e. The Kier molecular flexibility index (Phi) is 10.3. The molecule has 1 aromatic heterocycles. The molecule has 2 saturated heterocycles. The van der Waals surface area contributed by atoms with Gasteiger partial charge in [-0.25, -0.2) is 14.6 Å². The molecule has 184 valence electrons. The minimum atomic E-state index is -5.08. The normalized spacial score (nSPS) is 21.4. The second-order valence-corrected chi connectivity index (χ2v) is 6.69. The molecule has 3 N–H and O–H groups in total. The molecule has 0 bridgehead atoms. The highest BCUT2D eigenvalue weighted by Crippen LogP contribution is 2.31. The lowest BCUT2D eigenvalue weighted by atomic mass is 9.91. The van der Waals surface area contributed by atoms with E-state index < -0.39 is 24.3 Å². The average Bonchev–Trinajstić information content (AvgIpc) is 3.33. The molecule has 33 heavy (non-hydrogen) atoms. The van der Waals surface area contributed by atoms with E-state index in [0.29, 0.717) is 36.0 Å². The van der Waals surface area contributed by atoms with Crippen LogP contribution < -0.4 is 10.1 Å². The van der Waals surface area contributed by atoms with Gasteiger partial charge in [0.2, 0.25) is 5.88 Å². The Bertz CT molecular complexity index is 801. The van der Waals surface area contributed by atoms with Crippen LogP contribution in [0, 0.1) is 23.2 Å². The van der Waals surface area contributed by atoms with E-state index in [0.717, 1.165) is 26.1 Å². The molecular weight excluding hydrogens is 468 g/mol. The molecule has 2 aliphatic rings. The fourth-order valence-corrected chi connectivity index (χ4v) is 2.84. The number of hydrogen-bond acceptors (Lipinski definition) is 7. The van der Waals surface area contributed by atoms with Gasteiger partial charge in [-0.15, -0.1) is 0 Å². The predicted molar refractivity (Wildman–Crippen MR) is 96.0 cm³/mol. The van der Waals surface area contributed by atoms with Crippen LogP contribution in [0.5, 0.6) is 5.88 Å². The van der Waals surface area contributed by atoms with E-state index in [1.807, 2.05) is 6.07 Å². The summed E-state index contributed by atoms with van der Waals surface area (Å²) >= 11 is 0. The zero-order valence-corrected chi connectivity index (χ0v) is 16.7. The Labute approximate surface area is 182 Å². The molecule has 0 unspecified atom stereocenters. The number of nitriles is 1. The number of aromatic nitrogens is 1. The molecule has 0 amide bonds. The van der Waals surface area contributed by atoms with Gasteiger partial charge in [0.25, 0.3) is 0 Å². The van der Waals surface area contributed by atoms with E-state index in [-0.39, 0.29) is 0 Å². The minimum absolute atomic E-state index is 0.401. The third-order valence-corrected chi connectivity index (χ3v) is 4.42. The van der Waals surface area contributed by atoms with Gasteiger partial charge in [-0.3, -0.25) is 0 Å². The first-order valence-corrected chi connectivity index (χ1v) is 9.17. The van der Waals surface area contributed by atoms with Crippen LogP contribution in [0.3, 0.4) is 0 Å². The highest BCUT2D eigenvalue weighted by Gasteiger charge is 2.40. The summed E-state index contributed by atoms with van der Waals surface area (Å²) in [4.78, 5) is 21.9. The van der Waals surface area contributed by atoms with Gasteiger partial charge in [0, 0.05) is 31.3 Å². The number of nitrogens with zero attached hydrogens (tertiary/aromatic N) is 2. The van der Waals surface area contributed by atoms with Crippen LogP contribution in [-0.2, 0) is 14.3 Å². The minimum Gasteiger partial charge on any atom is -0.478 e. The van der Waals surface area contributed by atoms with Crippen molar-refractivity contribution in [2.45, 2.75) is 24.9 Å². The van der Waals surface area contributed by atoms with Gasteiger partial charge in [0.15, 0.2) is 0 Å². The van der Waals surface area contributed by atoms with Crippen molar-refractivity contribution in [3.8, 4) is 11.9 Å². The number of fused-ring (bicyclic) bond motifs is 1. The van der Waals surface area contributed by atoms with Gasteiger partial charge in [0.1, 0.15) is 6.07 Å². The molecule has 2 fully saturated rings. The number of halogens is 6. The van der Waals surface area contributed by atoms with E-state index in [2.05, 4.69) is 10.3 Å². The third-order valence-electron chi connectivity index (χ3n) is 4.42. The standard InChI is InChI=1S/C14H17N3O2.2C2HF3O2/c15-5-10-1-2-14(17-6-10)18-4-3-11-9-19-13-8-16-7-12(11)13;2*3-2(4,5)1(6)7/h1-2,6,11-13,16H,3-4,7-9H2;2*(H,6,7)/t11-,12-,13-;;/m0../s1. The lowest BCUT2D eigenvalue weighted by Gasteiger charge is -2.15. The summed E-state index contributed by atoms with van der Waals surface area (Å²) in [6.45, 7) is 3.54. The maximum absolute atomic E-state index is 10.6. The molecular formula is C18H19F6N3O6. The molecule has 1 aromatic rings. The van der Waals surface area contributed by atoms with Crippen LogP contribution in [0.4, 0.5) is 26.3 Å². The number of carboxylic acid groups (broad SMARTS) is 2. The largest absolute Gasteiger partial charge is 0.490 e. The highest BCUT2D eigenvalue weighted by molar-refractivity contribution is 5.73. The number of carbonyl (C=O) groups is 2. The average molecular weight is 487 g/mol. The van der Waals surface area contributed by atoms with Crippen LogP contribution in [0.2, 0.25) is 0 Å². The Morgan fingerprint density at radius 2 is 1.73 bits per heavy atom. The van der Waals surface area contributed by atoms with Gasteiger partial charge in [-0.2, -0.15) is 31.6 Å². The van der Waals surface area contributed by atoms with Crippen LogP contribution in [0.1, 0.15) is 12.0 Å². The second-order valence-electron chi connectivity index (χ2n) is 6.69. The third kappa shape index (κ3) is 9.91. The fraction of sp³-hybridized carbons (Fsp3) is 0.556. The molecule has 9 nitrogen and oxygen atoms in total. The lowest BCUT2D eigenvalue weighted by molar-refractivity contribution is -0.193. The molecule has 3 atom stereocenters. The lowest BCUT2D eigenvalue weighted by Crippen LogP contribution is -2.21. The topological polar surface area (TPSA) is 142 Å². The Hall–Kier alpha value is -3.12. The van der Waals surface area contributed by atoms with E-state index in [1.54, 1.807) is 12.1 Å². The zero-order valence-electron chi connectivity index (χ0n) is 16.7. The molecule has 3 rings (SSSR count). The number of carboxylic acids is 2. The monoisotopic (exact) mass is 487 g/mol. The van der Waals surface area contributed by atoms with Crippen molar-refractivity contribution < 1.29 is 55.6 Å². The molecule has 2 aliphatic heterocycles. The van der Waals surface area contributed by atoms with Crippen LogP contribution in [0.15, 0.2) is 18.3 Å². The fourth-order valence-electron chi connectivity index (χ4n) is 2.84. The van der Waals surface area contributed by atoms with E-state index >= 15 is 0 Å². The van der Waals surface area contributed by atoms with Gasteiger partial charge in [-0.05, 0) is 18.4 Å². The summed E-state index contributed by atoms with van der Waals surface area (Å²) in [5, 5.41) is 26.3. The summed E-state index contributed by atoms with van der Waals surface area (Å²) < 4.78 is 74.8. The molecule has 15 heteroatoms. The maximum Gasteiger partial charge on any atom is 0.490 e. The zero-order chi connectivity index (χ0) is 25.2. The van der Waals surface area contributed by atoms with E-state index in [4.69, 9.17) is 34.5 Å².